The molecule has 0 radical (unpaired) electrons. The van der Waals surface area contributed by atoms with Gasteiger partial charge < -0.3 is 10.6 Å². The highest BCUT2D eigenvalue weighted by Gasteiger charge is 2.29. The lowest BCUT2D eigenvalue weighted by Crippen LogP contribution is -2.45. The lowest BCUT2D eigenvalue weighted by molar-refractivity contribution is -0.140. The molecule has 0 saturated carbocycles. The second kappa shape index (κ2) is 4.30. The first-order valence-corrected chi connectivity index (χ1v) is 5.44. The summed E-state index contributed by atoms with van der Waals surface area (Å²) >= 11 is 0. The SMILES string of the molecule is CC(C)(C)C(=O)N1CCC(CN)CC1. The number of nitrogens with two attached hydrogens (primary N) is 1. The summed E-state index contributed by atoms with van der Waals surface area (Å²) in [4.78, 5) is 13.9. The summed E-state index contributed by atoms with van der Waals surface area (Å²) in [7, 11) is 0. The molecule has 0 bridgehead atoms. The van der Waals surface area contributed by atoms with Gasteiger partial charge in [0.15, 0.2) is 0 Å². The van der Waals surface area contributed by atoms with Gasteiger partial charge >= 0.3 is 0 Å². The van der Waals surface area contributed by atoms with Crippen molar-refractivity contribution in [2.75, 3.05) is 19.6 Å². The number of carbonyl (C=O) groups is 1. The number of carbonyl (C=O) groups excluding carboxylic acids is 1. The van der Waals surface area contributed by atoms with Gasteiger partial charge in [-0.05, 0) is 25.3 Å². The first kappa shape index (κ1) is 11.5. The van der Waals surface area contributed by atoms with Crippen molar-refractivity contribution in [3.8, 4) is 0 Å². The van der Waals surface area contributed by atoms with Gasteiger partial charge in [0.05, 0.1) is 0 Å². The zero-order valence-electron chi connectivity index (χ0n) is 9.55. The van der Waals surface area contributed by atoms with Gasteiger partial charge in [0, 0.05) is 18.5 Å². The van der Waals surface area contributed by atoms with Crippen molar-refractivity contribution in [1.29, 1.82) is 0 Å². The van der Waals surface area contributed by atoms with Crippen LogP contribution in [0, 0.1) is 11.3 Å². The van der Waals surface area contributed by atoms with Gasteiger partial charge in [0.1, 0.15) is 0 Å². The van der Waals surface area contributed by atoms with Gasteiger partial charge in [-0.3, -0.25) is 4.79 Å². The number of amides is 1. The quantitative estimate of drug-likeness (QED) is 0.689. The summed E-state index contributed by atoms with van der Waals surface area (Å²) in [6.07, 6.45) is 2.14. The van der Waals surface area contributed by atoms with Crippen molar-refractivity contribution in [3.63, 3.8) is 0 Å². The Balaban J connectivity index is 2.46. The van der Waals surface area contributed by atoms with Crippen molar-refractivity contribution in [3.05, 3.63) is 0 Å². The van der Waals surface area contributed by atoms with Crippen LogP contribution in [-0.4, -0.2) is 30.4 Å². The maximum absolute atomic E-state index is 11.9. The van der Waals surface area contributed by atoms with Crippen molar-refractivity contribution in [2.24, 2.45) is 17.1 Å². The van der Waals surface area contributed by atoms with E-state index in [1.165, 1.54) is 0 Å². The van der Waals surface area contributed by atoms with Crippen LogP contribution in [0.2, 0.25) is 0 Å². The maximum Gasteiger partial charge on any atom is 0.227 e. The van der Waals surface area contributed by atoms with Crippen molar-refractivity contribution in [2.45, 2.75) is 33.6 Å². The third-order valence-electron chi connectivity index (χ3n) is 2.88. The van der Waals surface area contributed by atoms with E-state index in [-0.39, 0.29) is 11.3 Å². The Morgan fingerprint density at radius 1 is 1.36 bits per heavy atom. The largest absolute Gasteiger partial charge is 0.342 e. The average Bonchev–Trinajstić information content (AvgIpc) is 2.15. The molecule has 1 aliphatic heterocycles. The summed E-state index contributed by atoms with van der Waals surface area (Å²) in [5.41, 5.74) is 5.37. The molecule has 82 valence electrons. The molecule has 3 nitrogen and oxygen atoms in total. The van der Waals surface area contributed by atoms with Crippen LogP contribution in [-0.2, 0) is 4.79 Å². The summed E-state index contributed by atoms with van der Waals surface area (Å²) in [6.45, 7) is 8.46. The minimum atomic E-state index is -0.241. The van der Waals surface area contributed by atoms with Crippen LogP contribution >= 0.6 is 0 Å². The normalized spacial score (nSPS) is 19.9. The topological polar surface area (TPSA) is 46.3 Å². The maximum atomic E-state index is 11.9. The fraction of sp³-hybridized carbons (Fsp3) is 0.909. The van der Waals surface area contributed by atoms with E-state index < -0.39 is 0 Å². The van der Waals surface area contributed by atoms with Crippen LogP contribution in [0.25, 0.3) is 0 Å². The van der Waals surface area contributed by atoms with Crippen LogP contribution in [0.3, 0.4) is 0 Å². The Morgan fingerprint density at radius 2 is 1.86 bits per heavy atom. The standard InChI is InChI=1S/C11H22N2O/c1-11(2,3)10(14)13-6-4-9(8-12)5-7-13/h9H,4-8,12H2,1-3H3. The molecule has 0 aromatic carbocycles. The Labute approximate surface area is 86.6 Å². The Kier molecular flexibility index (Phi) is 3.53. The highest BCUT2D eigenvalue weighted by Crippen LogP contribution is 2.22. The second-order valence-electron chi connectivity index (χ2n) is 5.22. The molecule has 1 saturated heterocycles. The minimum absolute atomic E-state index is 0.241. The van der Waals surface area contributed by atoms with E-state index in [9.17, 15) is 4.79 Å². The molecular formula is C11H22N2O. The molecule has 1 amide bonds. The van der Waals surface area contributed by atoms with Gasteiger partial charge in [-0.2, -0.15) is 0 Å². The number of hydrogen-bond acceptors (Lipinski definition) is 2. The first-order chi connectivity index (χ1) is 6.45. The Bertz CT molecular complexity index is 200. The van der Waals surface area contributed by atoms with Gasteiger partial charge in [-0.15, -0.1) is 0 Å². The Morgan fingerprint density at radius 3 is 2.21 bits per heavy atom. The molecule has 2 N–H and O–H groups in total. The van der Waals surface area contributed by atoms with E-state index in [0.29, 0.717) is 5.92 Å². The predicted octanol–water partition coefficient (Wildman–Crippen LogP) is 1.23. The Hall–Kier alpha value is -0.570. The van der Waals surface area contributed by atoms with E-state index in [4.69, 9.17) is 5.73 Å². The molecule has 1 fully saturated rings. The van der Waals surface area contributed by atoms with Gasteiger partial charge in [0.25, 0.3) is 0 Å². The van der Waals surface area contributed by atoms with Gasteiger partial charge in [0.2, 0.25) is 5.91 Å². The number of piperidine rings is 1. The van der Waals surface area contributed by atoms with Crippen LogP contribution in [0.15, 0.2) is 0 Å². The molecule has 1 aliphatic rings. The summed E-state index contributed by atoms with van der Waals surface area (Å²) < 4.78 is 0. The number of hydrogen-bond donors (Lipinski definition) is 1. The number of nitrogens with zero attached hydrogens (tertiary/aromatic N) is 1. The van der Waals surface area contributed by atoms with Crippen molar-refractivity contribution in [1.82, 2.24) is 4.90 Å². The number of likely N-dealkylation sites (tertiary alicyclic amines) is 1. The van der Waals surface area contributed by atoms with Crippen LogP contribution in [0.4, 0.5) is 0 Å². The minimum Gasteiger partial charge on any atom is -0.342 e. The molecule has 3 heteroatoms. The van der Waals surface area contributed by atoms with E-state index in [0.717, 1.165) is 32.5 Å². The molecule has 0 aromatic rings. The number of rotatable bonds is 1. The summed E-state index contributed by atoms with van der Waals surface area (Å²) in [5, 5.41) is 0. The highest BCUT2D eigenvalue weighted by atomic mass is 16.2. The monoisotopic (exact) mass is 198 g/mol. The van der Waals surface area contributed by atoms with E-state index >= 15 is 0 Å². The van der Waals surface area contributed by atoms with E-state index in [2.05, 4.69) is 0 Å². The lowest BCUT2D eigenvalue weighted by Gasteiger charge is -2.35. The molecule has 1 rings (SSSR count). The fourth-order valence-electron chi connectivity index (χ4n) is 1.85. The molecular weight excluding hydrogens is 176 g/mol. The van der Waals surface area contributed by atoms with Crippen LogP contribution < -0.4 is 5.73 Å². The highest BCUT2D eigenvalue weighted by molar-refractivity contribution is 5.81. The van der Waals surface area contributed by atoms with E-state index in [1.54, 1.807) is 0 Å². The molecule has 1 heterocycles. The summed E-state index contributed by atoms with van der Waals surface area (Å²) in [5.74, 6) is 0.895. The molecule has 14 heavy (non-hydrogen) atoms. The van der Waals surface area contributed by atoms with Crippen molar-refractivity contribution < 1.29 is 4.79 Å². The molecule has 0 unspecified atom stereocenters. The molecule has 0 atom stereocenters. The predicted molar refractivity (Wildman–Crippen MR) is 57.8 cm³/mol. The zero-order valence-corrected chi connectivity index (χ0v) is 9.55. The smallest absolute Gasteiger partial charge is 0.227 e. The molecule has 0 spiro atoms. The van der Waals surface area contributed by atoms with Crippen molar-refractivity contribution >= 4 is 5.91 Å². The second-order valence-corrected chi connectivity index (χ2v) is 5.22. The summed E-state index contributed by atoms with van der Waals surface area (Å²) in [6, 6.07) is 0. The average molecular weight is 198 g/mol. The molecule has 0 aromatic heterocycles. The van der Waals surface area contributed by atoms with Gasteiger partial charge in [-0.1, -0.05) is 20.8 Å². The van der Waals surface area contributed by atoms with Crippen LogP contribution in [0.5, 0.6) is 0 Å². The zero-order chi connectivity index (χ0) is 10.8. The van der Waals surface area contributed by atoms with E-state index in [1.807, 2.05) is 25.7 Å². The van der Waals surface area contributed by atoms with Crippen LogP contribution in [0.1, 0.15) is 33.6 Å². The van der Waals surface area contributed by atoms with Gasteiger partial charge in [-0.25, -0.2) is 0 Å². The third-order valence-corrected chi connectivity index (χ3v) is 2.88. The molecule has 0 aliphatic carbocycles. The lowest BCUT2D eigenvalue weighted by atomic mass is 9.91. The first-order valence-electron chi connectivity index (χ1n) is 5.44. The fourth-order valence-corrected chi connectivity index (χ4v) is 1.85. The third kappa shape index (κ3) is 2.71.